The highest BCUT2D eigenvalue weighted by molar-refractivity contribution is 5.32. The second-order valence-corrected chi connectivity index (χ2v) is 4.95. The lowest BCUT2D eigenvalue weighted by atomic mass is 9.99. The molecule has 0 N–H and O–H groups in total. The van der Waals surface area contributed by atoms with Crippen molar-refractivity contribution in [2.24, 2.45) is 0 Å². The van der Waals surface area contributed by atoms with Gasteiger partial charge >= 0.3 is 0 Å². The third-order valence-electron chi connectivity index (χ3n) is 3.75. The van der Waals surface area contributed by atoms with Gasteiger partial charge in [0.2, 0.25) is 0 Å². The Morgan fingerprint density at radius 1 is 1.33 bits per heavy atom. The highest BCUT2D eigenvalue weighted by atomic mass is 16.6. The Balaban J connectivity index is 2.01. The van der Waals surface area contributed by atoms with Crippen LogP contribution in [0.25, 0.3) is 0 Å². The van der Waals surface area contributed by atoms with Crippen molar-refractivity contribution < 1.29 is 4.92 Å². The average molecular weight is 248 g/mol. The van der Waals surface area contributed by atoms with E-state index in [1.807, 2.05) is 12.1 Å². The highest BCUT2D eigenvalue weighted by Crippen LogP contribution is 2.22. The van der Waals surface area contributed by atoms with E-state index in [9.17, 15) is 10.1 Å². The molecule has 1 saturated heterocycles. The number of hydrogen-bond donors (Lipinski definition) is 0. The molecule has 0 bridgehead atoms. The third kappa shape index (κ3) is 3.07. The van der Waals surface area contributed by atoms with Crippen LogP contribution < -0.4 is 0 Å². The molecule has 1 aliphatic rings. The number of nitro groups is 1. The molecule has 4 nitrogen and oxygen atoms in total. The second-order valence-electron chi connectivity index (χ2n) is 4.95. The fraction of sp³-hybridized carbons (Fsp3) is 0.571. The summed E-state index contributed by atoms with van der Waals surface area (Å²) in [4.78, 5) is 12.8. The minimum atomic E-state index is -0.348. The molecule has 4 heteroatoms. The third-order valence-corrected chi connectivity index (χ3v) is 3.75. The quantitative estimate of drug-likeness (QED) is 0.606. The molecular formula is C14H20N2O2. The van der Waals surface area contributed by atoms with Crippen LogP contribution in [0.5, 0.6) is 0 Å². The SMILES string of the molecule is CCC1CCCCN1Cc1ccc([N+](=O)[O-])cc1. The number of hydrogen-bond acceptors (Lipinski definition) is 3. The minimum Gasteiger partial charge on any atom is -0.296 e. The molecule has 18 heavy (non-hydrogen) atoms. The number of nitro benzene ring substituents is 1. The van der Waals surface area contributed by atoms with Gasteiger partial charge in [0.05, 0.1) is 4.92 Å². The summed E-state index contributed by atoms with van der Waals surface area (Å²) in [5, 5.41) is 10.6. The number of piperidine rings is 1. The van der Waals surface area contributed by atoms with E-state index < -0.39 is 0 Å². The molecule has 1 aromatic carbocycles. The first-order valence-electron chi connectivity index (χ1n) is 6.68. The van der Waals surface area contributed by atoms with Crippen LogP contribution in [0.2, 0.25) is 0 Å². The molecule has 0 spiro atoms. The van der Waals surface area contributed by atoms with Gasteiger partial charge in [0, 0.05) is 24.7 Å². The van der Waals surface area contributed by atoms with Crippen LogP contribution in [-0.4, -0.2) is 22.4 Å². The van der Waals surface area contributed by atoms with Gasteiger partial charge in [-0.3, -0.25) is 15.0 Å². The van der Waals surface area contributed by atoms with E-state index in [1.165, 1.54) is 31.2 Å². The van der Waals surface area contributed by atoms with Crippen molar-refractivity contribution in [2.75, 3.05) is 6.54 Å². The van der Waals surface area contributed by atoms with E-state index in [4.69, 9.17) is 0 Å². The normalized spacial score (nSPS) is 20.8. The fourth-order valence-corrected chi connectivity index (χ4v) is 2.69. The summed E-state index contributed by atoms with van der Waals surface area (Å²) in [5.41, 5.74) is 1.34. The Morgan fingerprint density at radius 2 is 2.06 bits per heavy atom. The smallest absolute Gasteiger partial charge is 0.269 e. The van der Waals surface area contributed by atoms with E-state index >= 15 is 0 Å². The van der Waals surface area contributed by atoms with Gasteiger partial charge in [-0.2, -0.15) is 0 Å². The zero-order chi connectivity index (χ0) is 13.0. The Hall–Kier alpha value is -1.42. The Labute approximate surface area is 108 Å². The number of non-ortho nitro benzene ring substituents is 1. The average Bonchev–Trinajstić information content (AvgIpc) is 2.40. The molecule has 0 radical (unpaired) electrons. The maximum absolute atomic E-state index is 10.6. The molecular weight excluding hydrogens is 228 g/mol. The first kappa shape index (κ1) is 13.0. The van der Waals surface area contributed by atoms with E-state index in [2.05, 4.69) is 11.8 Å². The van der Waals surface area contributed by atoms with Gasteiger partial charge < -0.3 is 0 Å². The van der Waals surface area contributed by atoms with Crippen molar-refractivity contribution in [3.8, 4) is 0 Å². The van der Waals surface area contributed by atoms with Gasteiger partial charge in [0.1, 0.15) is 0 Å². The molecule has 2 rings (SSSR count). The lowest BCUT2D eigenvalue weighted by molar-refractivity contribution is -0.384. The standard InChI is InChI=1S/C14H20N2O2/c1-2-13-5-3-4-10-15(13)11-12-6-8-14(9-7-12)16(17)18/h6-9,13H,2-5,10-11H2,1H3. The van der Waals surface area contributed by atoms with Crippen LogP contribution >= 0.6 is 0 Å². The van der Waals surface area contributed by atoms with Crippen molar-refractivity contribution in [2.45, 2.75) is 45.2 Å². The zero-order valence-electron chi connectivity index (χ0n) is 10.8. The molecule has 1 atom stereocenters. The monoisotopic (exact) mass is 248 g/mol. The lowest BCUT2D eigenvalue weighted by Gasteiger charge is -2.35. The van der Waals surface area contributed by atoms with Crippen LogP contribution in [0.3, 0.4) is 0 Å². The van der Waals surface area contributed by atoms with Crippen molar-refractivity contribution in [3.05, 3.63) is 39.9 Å². The van der Waals surface area contributed by atoms with Gasteiger partial charge in [0.15, 0.2) is 0 Å². The Kier molecular flexibility index (Phi) is 4.31. The van der Waals surface area contributed by atoms with E-state index in [0.29, 0.717) is 6.04 Å². The van der Waals surface area contributed by atoms with E-state index in [-0.39, 0.29) is 10.6 Å². The predicted molar refractivity (Wildman–Crippen MR) is 71.4 cm³/mol. The Bertz CT molecular complexity index is 403. The molecule has 0 saturated carbocycles. The fourth-order valence-electron chi connectivity index (χ4n) is 2.69. The Morgan fingerprint density at radius 3 is 2.67 bits per heavy atom. The van der Waals surface area contributed by atoms with Crippen LogP contribution in [0.4, 0.5) is 5.69 Å². The summed E-state index contributed by atoms with van der Waals surface area (Å²) in [5.74, 6) is 0. The molecule has 98 valence electrons. The molecule has 0 amide bonds. The molecule has 1 aromatic rings. The van der Waals surface area contributed by atoms with Gasteiger partial charge in [-0.05, 0) is 31.4 Å². The van der Waals surface area contributed by atoms with Crippen molar-refractivity contribution >= 4 is 5.69 Å². The number of nitrogens with zero attached hydrogens (tertiary/aromatic N) is 2. The van der Waals surface area contributed by atoms with Crippen LogP contribution in [0.1, 0.15) is 38.2 Å². The number of benzene rings is 1. The van der Waals surface area contributed by atoms with Crippen molar-refractivity contribution in [1.29, 1.82) is 0 Å². The molecule has 0 aliphatic carbocycles. The lowest BCUT2D eigenvalue weighted by Crippen LogP contribution is -2.38. The summed E-state index contributed by atoms with van der Waals surface area (Å²) >= 11 is 0. The molecule has 1 aliphatic heterocycles. The summed E-state index contributed by atoms with van der Waals surface area (Å²) < 4.78 is 0. The van der Waals surface area contributed by atoms with Crippen LogP contribution in [0, 0.1) is 10.1 Å². The number of likely N-dealkylation sites (tertiary alicyclic amines) is 1. The second kappa shape index (κ2) is 5.96. The first-order chi connectivity index (χ1) is 8.70. The van der Waals surface area contributed by atoms with Gasteiger partial charge in [-0.15, -0.1) is 0 Å². The topological polar surface area (TPSA) is 46.4 Å². The number of rotatable bonds is 4. The van der Waals surface area contributed by atoms with E-state index in [0.717, 1.165) is 13.1 Å². The predicted octanol–water partition coefficient (Wildman–Crippen LogP) is 3.36. The largest absolute Gasteiger partial charge is 0.296 e. The van der Waals surface area contributed by atoms with Crippen molar-refractivity contribution in [3.63, 3.8) is 0 Å². The molecule has 1 heterocycles. The summed E-state index contributed by atoms with van der Waals surface area (Å²) in [6.45, 7) is 4.30. The van der Waals surface area contributed by atoms with E-state index in [1.54, 1.807) is 12.1 Å². The van der Waals surface area contributed by atoms with Gasteiger partial charge in [-0.1, -0.05) is 25.5 Å². The van der Waals surface area contributed by atoms with Crippen LogP contribution in [-0.2, 0) is 6.54 Å². The maximum Gasteiger partial charge on any atom is 0.269 e. The first-order valence-corrected chi connectivity index (χ1v) is 6.68. The van der Waals surface area contributed by atoms with Gasteiger partial charge in [-0.25, -0.2) is 0 Å². The summed E-state index contributed by atoms with van der Waals surface area (Å²) in [6.07, 6.45) is 5.06. The van der Waals surface area contributed by atoms with Gasteiger partial charge in [0.25, 0.3) is 5.69 Å². The summed E-state index contributed by atoms with van der Waals surface area (Å²) in [7, 11) is 0. The maximum atomic E-state index is 10.6. The molecule has 0 aromatic heterocycles. The molecule has 1 fully saturated rings. The van der Waals surface area contributed by atoms with Crippen molar-refractivity contribution in [1.82, 2.24) is 4.90 Å². The summed E-state index contributed by atoms with van der Waals surface area (Å²) in [6, 6.07) is 7.62. The molecule has 1 unspecified atom stereocenters. The highest BCUT2D eigenvalue weighted by Gasteiger charge is 2.20. The van der Waals surface area contributed by atoms with Crippen LogP contribution in [0.15, 0.2) is 24.3 Å². The minimum absolute atomic E-state index is 0.171. The zero-order valence-corrected chi connectivity index (χ0v) is 10.8.